The van der Waals surface area contributed by atoms with Crippen molar-refractivity contribution >= 4 is 5.78 Å². The van der Waals surface area contributed by atoms with Crippen molar-refractivity contribution in [3.63, 3.8) is 0 Å². The number of ketones is 1. The maximum Gasteiger partial charge on any atom is 0.170 e. The number of ether oxygens (including phenoxy) is 3. The predicted octanol–water partition coefficient (Wildman–Crippen LogP) is 3.28. The van der Waals surface area contributed by atoms with Gasteiger partial charge in [-0.05, 0) is 37.1 Å². The van der Waals surface area contributed by atoms with Crippen molar-refractivity contribution in [1.29, 1.82) is 0 Å². The van der Waals surface area contributed by atoms with E-state index in [1.165, 1.54) is 6.08 Å². The fraction of sp³-hybridized carbons (Fsp3) is 0.353. The van der Waals surface area contributed by atoms with E-state index in [0.717, 1.165) is 19.4 Å². The molecule has 0 bridgehead atoms. The molecule has 1 spiro atoms. The number of carbonyl (C=O) groups is 1. The van der Waals surface area contributed by atoms with Crippen LogP contribution in [0.2, 0.25) is 0 Å². The monoisotopic (exact) mass is 286 g/mol. The Hall–Kier alpha value is -2.07. The highest BCUT2D eigenvalue weighted by Gasteiger charge is 2.42. The van der Waals surface area contributed by atoms with Crippen LogP contribution in [-0.2, 0) is 4.74 Å². The summed E-state index contributed by atoms with van der Waals surface area (Å²) in [5, 5.41) is 0. The molecule has 0 amide bonds. The molecule has 1 fully saturated rings. The lowest BCUT2D eigenvalue weighted by Gasteiger charge is -2.40. The van der Waals surface area contributed by atoms with Crippen molar-refractivity contribution in [2.75, 3.05) is 13.2 Å². The van der Waals surface area contributed by atoms with Gasteiger partial charge in [0.1, 0.15) is 22.9 Å². The topological polar surface area (TPSA) is 44.8 Å². The third kappa shape index (κ3) is 2.72. The van der Waals surface area contributed by atoms with Gasteiger partial charge in [-0.1, -0.05) is 13.2 Å². The first-order valence-electron chi connectivity index (χ1n) is 7.05. The van der Waals surface area contributed by atoms with Gasteiger partial charge in [-0.15, -0.1) is 0 Å². The maximum absolute atomic E-state index is 12.4. The third-order valence-corrected chi connectivity index (χ3v) is 3.82. The lowest BCUT2D eigenvalue weighted by atomic mass is 9.86. The van der Waals surface area contributed by atoms with Gasteiger partial charge in [0.2, 0.25) is 0 Å². The van der Waals surface area contributed by atoms with Crippen molar-refractivity contribution in [3.8, 4) is 11.5 Å². The van der Waals surface area contributed by atoms with Gasteiger partial charge in [0.15, 0.2) is 5.78 Å². The average molecular weight is 286 g/mol. The molecule has 1 aromatic carbocycles. The quantitative estimate of drug-likeness (QED) is 0.632. The number of hydrogen-bond acceptors (Lipinski definition) is 4. The summed E-state index contributed by atoms with van der Waals surface area (Å²) in [6.45, 7) is 8.50. The molecular weight excluding hydrogens is 268 g/mol. The Morgan fingerprint density at radius 3 is 3.00 bits per heavy atom. The molecule has 2 heterocycles. The Labute approximate surface area is 124 Å². The molecule has 4 nitrogen and oxygen atoms in total. The normalized spacial score (nSPS) is 24.1. The first kappa shape index (κ1) is 13.9. The molecule has 110 valence electrons. The van der Waals surface area contributed by atoms with Gasteiger partial charge in [0, 0.05) is 6.61 Å². The van der Waals surface area contributed by atoms with Crippen LogP contribution in [0.25, 0.3) is 0 Å². The van der Waals surface area contributed by atoms with Crippen molar-refractivity contribution in [1.82, 2.24) is 0 Å². The van der Waals surface area contributed by atoms with Gasteiger partial charge in [-0.3, -0.25) is 4.79 Å². The molecule has 0 N–H and O–H groups in total. The molecular formula is C17H18O4. The van der Waals surface area contributed by atoms with Crippen LogP contribution in [0, 0.1) is 0 Å². The van der Waals surface area contributed by atoms with E-state index in [-0.39, 0.29) is 5.78 Å². The molecule has 4 heteroatoms. The van der Waals surface area contributed by atoms with Gasteiger partial charge < -0.3 is 14.2 Å². The molecule has 1 atom stereocenters. The second-order valence-electron chi connectivity index (χ2n) is 5.47. The van der Waals surface area contributed by atoms with Crippen LogP contribution in [0.4, 0.5) is 0 Å². The summed E-state index contributed by atoms with van der Waals surface area (Å²) in [6, 6.07) is 5.24. The number of Topliss-reactive ketones (excluding diaryl/α,β-unsaturated/α-hetero) is 1. The molecule has 21 heavy (non-hydrogen) atoms. The summed E-state index contributed by atoms with van der Waals surface area (Å²) in [7, 11) is 0. The smallest absolute Gasteiger partial charge is 0.170 e. The summed E-state index contributed by atoms with van der Waals surface area (Å²) in [5.74, 6) is 1.67. The van der Waals surface area contributed by atoms with Gasteiger partial charge in [-0.25, -0.2) is 0 Å². The van der Waals surface area contributed by atoms with E-state index in [1.807, 2.05) is 0 Å². The van der Waals surface area contributed by atoms with Crippen LogP contribution in [0.5, 0.6) is 11.5 Å². The van der Waals surface area contributed by atoms with Crippen LogP contribution in [-0.4, -0.2) is 24.6 Å². The standard InChI is InChI=1S/C17H18O4/c1-3-12(2)20-13-5-6-16-14(9-13)15(18)10-17(21-16)7-4-8-19-11-17/h3,5-6,9H,1-2,4,7-8,10-11H2. The molecule has 1 unspecified atom stereocenters. The number of rotatable bonds is 3. The van der Waals surface area contributed by atoms with E-state index in [4.69, 9.17) is 14.2 Å². The summed E-state index contributed by atoms with van der Waals surface area (Å²) in [4.78, 5) is 12.4. The van der Waals surface area contributed by atoms with E-state index in [2.05, 4.69) is 13.2 Å². The first-order valence-corrected chi connectivity index (χ1v) is 7.05. The van der Waals surface area contributed by atoms with E-state index < -0.39 is 5.60 Å². The molecule has 2 aliphatic heterocycles. The molecule has 3 rings (SSSR count). The lowest BCUT2D eigenvalue weighted by molar-refractivity contribution is -0.0716. The SMILES string of the molecule is C=CC(=C)Oc1ccc2c(c1)C(=O)CC1(CCCOC1)O2. The number of carbonyl (C=O) groups excluding carboxylic acids is 1. The Morgan fingerprint density at radius 1 is 1.43 bits per heavy atom. The summed E-state index contributed by atoms with van der Waals surface area (Å²) < 4.78 is 17.0. The minimum atomic E-state index is -0.491. The van der Waals surface area contributed by atoms with E-state index in [0.29, 0.717) is 35.8 Å². The van der Waals surface area contributed by atoms with Gasteiger partial charge in [0.25, 0.3) is 0 Å². The zero-order valence-electron chi connectivity index (χ0n) is 11.9. The van der Waals surface area contributed by atoms with Gasteiger partial charge in [-0.2, -0.15) is 0 Å². The van der Waals surface area contributed by atoms with Crippen molar-refractivity contribution in [2.45, 2.75) is 24.9 Å². The second kappa shape index (κ2) is 5.37. The molecule has 0 aromatic heterocycles. The fourth-order valence-electron chi connectivity index (χ4n) is 2.78. The lowest BCUT2D eigenvalue weighted by Crippen LogP contribution is -2.48. The molecule has 0 radical (unpaired) electrons. The fourth-order valence-corrected chi connectivity index (χ4v) is 2.78. The van der Waals surface area contributed by atoms with E-state index >= 15 is 0 Å². The summed E-state index contributed by atoms with van der Waals surface area (Å²) in [5.41, 5.74) is 0.0654. The average Bonchev–Trinajstić information content (AvgIpc) is 2.48. The largest absolute Gasteiger partial charge is 0.484 e. The Morgan fingerprint density at radius 2 is 2.29 bits per heavy atom. The van der Waals surface area contributed by atoms with Crippen molar-refractivity contribution < 1.29 is 19.0 Å². The van der Waals surface area contributed by atoms with Crippen LogP contribution in [0.3, 0.4) is 0 Å². The highest BCUT2D eigenvalue weighted by Crippen LogP contribution is 2.39. The highest BCUT2D eigenvalue weighted by molar-refractivity contribution is 6.00. The molecule has 0 saturated carbocycles. The van der Waals surface area contributed by atoms with Gasteiger partial charge >= 0.3 is 0 Å². The number of hydrogen-bond donors (Lipinski definition) is 0. The zero-order chi connectivity index (χ0) is 14.9. The number of allylic oxidation sites excluding steroid dienone is 1. The summed E-state index contributed by atoms with van der Waals surface area (Å²) >= 11 is 0. The van der Waals surface area contributed by atoms with Crippen LogP contribution in [0.1, 0.15) is 29.6 Å². The summed E-state index contributed by atoms with van der Waals surface area (Å²) in [6.07, 6.45) is 3.64. The Bertz CT molecular complexity index is 597. The zero-order valence-corrected chi connectivity index (χ0v) is 11.9. The van der Waals surface area contributed by atoms with Crippen LogP contribution in [0.15, 0.2) is 43.2 Å². The van der Waals surface area contributed by atoms with E-state index in [9.17, 15) is 4.79 Å². The maximum atomic E-state index is 12.4. The van der Waals surface area contributed by atoms with E-state index in [1.54, 1.807) is 18.2 Å². The van der Waals surface area contributed by atoms with Gasteiger partial charge in [0.05, 0.1) is 18.6 Å². The highest BCUT2D eigenvalue weighted by atomic mass is 16.5. The predicted molar refractivity (Wildman–Crippen MR) is 78.8 cm³/mol. The second-order valence-corrected chi connectivity index (χ2v) is 5.47. The first-order chi connectivity index (χ1) is 10.1. The molecule has 1 saturated heterocycles. The number of benzene rings is 1. The number of fused-ring (bicyclic) bond motifs is 1. The Kier molecular flexibility index (Phi) is 3.55. The minimum Gasteiger partial charge on any atom is -0.484 e. The molecule has 1 aromatic rings. The van der Waals surface area contributed by atoms with Crippen molar-refractivity contribution in [3.05, 3.63) is 48.8 Å². The van der Waals surface area contributed by atoms with Crippen molar-refractivity contribution in [2.24, 2.45) is 0 Å². The third-order valence-electron chi connectivity index (χ3n) is 3.82. The van der Waals surface area contributed by atoms with Crippen LogP contribution >= 0.6 is 0 Å². The molecule has 2 aliphatic rings. The minimum absolute atomic E-state index is 0.0661. The molecule has 0 aliphatic carbocycles. The Balaban J connectivity index is 1.87. The van der Waals surface area contributed by atoms with Crippen LogP contribution < -0.4 is 9.47 Å².